The summed E-state index contributed by atoms with van der Waals surface area (Å²) in [6.07, 6.45) is 0. The van der Waals surface area contributed by atoms with Gasteiger partial charge in [-0.15, -0.1) is 11.3 Å². The first kappa shape index (κ1) is 13.0. The summed E-state index contributed by atoms with van der Waals surface area (Å²) in [5.41, 5.74) is 7.16. The van der Waals surface area contributed by atoms with E-state index >= 15 is 0 Å². The Morgan fingerprint density at radius 2 is 1.88 bits per heavy atom. The van der Waals surface area contributed by atoms with Gasteiger partial charge >= 0.3 is 0 Å². The maximum absolute atomic E-state index is 5.69. The Kier molecular flexibility index (Phi) is 4.56. The summed E-state index contributed by atoms with van der Waals surface area (Å²) in [7, 11) is 0. The van der Waals surface area contributed by atoms with Crippen molar-refractivity contribution in [1.29, 1.82) is 0 Å². The third kappa shape index (κ3) is 3.28. The van der Waals surface area contributed by atoms with E-state index in [0.29, 0.717) is 6.54 Å². The Balaban J connectivity index is 1.90. The topological polar surface area (TPSA) is 32.5 Å². The van der Waals surface area contributed by atoms with Crippen molar-refractivity contribution < 1.29 is 0 Å². The van der Waals surface area contributed by atoms with Crippen LogP contribution in [0.3, 0.4) is 0 Å². The predicted octanol–water partition coefficient (Wildman–Crippen LogP) is 1.65. The van der Waals surface area contributed by atoms with E-state index in [1.54, 1.807) is 0 Å². The van der Waals surface area contributed by atoms with Crippen molar-refractivity contribution in [3.8, 4) is 0 Å². The van der Waals surface area contributed by atoms with Gasteiger partial charge in [-0.3, -0.25) is 4.90 Å². The van der Waals surface area contributed by atoms with Crippen LogP contribution in [-0.2, 0) is 13.1 Å². The predicted molar refractivity (Wildman–Crippen MR) is 74.3 cm³/mol. The van der Waals surface area contributed by atoms with Crippen molar-refractivity contribution in [1.82, 2.24) is 9.80 Å². The summed E-state index contributed by atoms with van der Waals surface area (Å²) >= 11 is 1.85. The fourth-order valence-corrected chi connectivity index (χ4v) is 3.28. The molecule has 0 spiro atoms. The van der Waals surface area contributed by atoms with Crippen molar-refractivity contribution in [2.45, 2.75) is 26.9 Å². The van der Waals surface area contributed by atoms with Gasteiger partial charge in [-0.1, -0.05) is 6.92 Å². The lowest BCUT2D eigenvalue weighted by atomic mass is 10.2. The molecule has 2 heterocycles. The molecule has 0 amide bonds. The first-order valence-electron chi connectivity index (χ1n) is 6.46. The summed E-state index contributed by atoms with van der Waals surface area (Å²) in [5.74, 6) is 0. The molecule has 1 aliphatic heterocycles. The third-order valence-corrected chi connectivity index (χ3v) is 4.69. The van der Waals surface area contributed by atoms with E-state index < -0.39 is 0 Å². The summed E-state index contributed by atoms with van der Waals surface area (Å²) < 4.78 is 0. The van der Waals surface area contributed by atoms with Gasteiger partial charge in [0.2, 0.25) is 0 Å². The summed E-state index contributed by atoms with van der Waals surface area (Å²) in [5, 5.41) is 0. The zero-order valence-electron chi connectivity index (χ0n) is 10.9. The van der Waals surface area contributed by atoms with Crippen LogP contribution in [0.25, 0.3) is 0 Å². The smallest absolute Gasteiger partial charge is 0.0274 e. The second-order valence-electron chi connectivity index (χ2n) is 4.71. The Bertz CT molecular complexity index is 354. The molecule has 1 aromatic heterocycles. The number of nitrogens with two attached hydrogens (primary N) is 1. The number of piperazine rings is 1. The van der Waals surface area contributed by atoms with Crippen molar-refractivity contribution >= 4 is 11.3 Å². The van der Waals surface area contributed by atoms with E-state index in [4.69, 9.17) is 5.73 Å². The lowest BCUT2D eigenvalue weighted by Crippen LogP contribution is -2.45. The number of likely N-dealkylation sites (N-methyl/N-ethyl adjacent to an activating group) is 1. The molecule has 1 aliphatic rings. The van der Waals surface area contributed by atoms with Gasteiger partial charge in [0.15, 0.2) is 0 Å². The van der Waals surface area contributed by atoms with Crippen LogP contribution in [0, 0.1) is 6.92 Å². The highest BCUT2D eigenvalue weighted by molar-refractivity contribution is 7.12. The standard InChI is InChI=1S/C13H23N3S/c1-3-15-4-6-16(7-5-15)10-12-8-13(9-14)17-11(12)2/h8H,3-7,9-10,14H2,1-2H3. The molecule has 2 rings (SSSR count). The minimum absolute atomic E-state index is 0.676. The normalized spacial score (nSPS) is 18.8. The first-order chi connectivity index (χ1) is 8.22. The van der Waals surface area contributed by atoms with Crippen molar-refractivity contribution in [2.24, 2.45) is 5.73 Å². The van der Waals surface area contributed by atoms with Crippen molar-refractivity contribution in [3.05, 3.63) is 21.4 Å². The number of rotatable bonds is 4. The molecule has 17 heavy (non-hydrogen) atoms. The van der Waals surface area contributed by atoms with Gasteiger partial charge in [-0.25, -0.2) is 0 Å². The molecule has 96 valence electrons. The largest absolute Gasteiger partial charge is 0.326 e. The molecule has 0 aromatic carbocycles. The van der Waals surface area contributed by atoms with E-state index in [9.17, 15) is 0 Å². The molecule has 1 aromatic rings. The Morgan fingerprint density at radius 3 is 2.41 bits per heavy atom. The van der Waals surface area contributed by atoms with Crippen molar-refractivity contribution in [2.75, 3.05) is 32.7 Å². The number of nitrogens with zero attached hydrogens (tertiary/aromatic N) is 2. The molecule has 0 unspecified atom stereocenters. The average molecular weight is 253 g/mol. The lowest BCUT2D eigenvalue weighted by Gasteiger charge is -2.33. The molecule has 0 aliphatic carbocycles. The summed E-state index contributed by atoms with van der Waals surface area (Å²) in [4.78, 5) is 7.82. The highest BCUT2D eigenvalue weighted by atomic mass is 32.1. The van der Waals surface area contributed by atoms with Gasteiger partial charge in [0, 0.05) is 49.0 Å². The monoisotopic (exact) mass is 253 g/mol. The van der Waals surface area contributed by atoms with Crippen LogP contribution in [0.5, 0.6) is 0 Å². The molecule has 4 heteroatoms. The van der Waals surface area contributed by atoms with Crippen LogP contribution in [0.4, 0.5) is 0 Å². The van der Waals surface area contributed by atoms with Gasteiger partial charge in [-0.2, -0.15) is 0 Å². The lowest BCUT2D eigenvalue weighted by molar-refractivity contribution is 0.132. The van der Waals surface area contributed by atoms with Crippen LogP contribution in [0.1, 0.15) is 22.2 Å². The molecular weight excluding hydrogens is 230 g/mol. The van der Waals surface area contributed by atoms with Crippen LogP contribution in [-0.4, -0.2) is 42.5 Å². The fourth-order valence-electron chi connectivity index (χ4n) is 2.35. The molecule has 1 saturated heterocycles. The summed E-state index contributed by atoms with van der Waals surface area (Å²) in [6, 6.07) is 2.28. The van der Waals surface area contributed by atoms with E-state index in [2.05, 4.69) is 29.7 Å². The highest BCUT2D eigenvalue weighted by Crippen LogP contribution is 2.22. The molecular formula is C13H23N3S. The average Bonchev–Trinajstić information content (AvgIpc) is 2.71. The highest BCUT2D eigenvalue weighted by Gasteiger charge is 2.16. The van der Waals surface area contributed by atoms with Gasteiger partial charge in [0.05, 0.1) is 0 Å². The maximum atomic E-state index is 5.69. The Morgan fingerprint density at radius 1 is 1.24 bits per heavy atom. The number of aryl methyl sites for hydroxylation is 1. The molecule has 3 nitrogen and oxygen atoms in total. The molecule has 0 bridgehead atoms. The second-order valence-corrected chi connectivity index (χ2v) is 6.05. The molecule has 0 saturated carbocycles. The number of thiophene rings is 1. The fraction of sp³-hybridized carbons (Fsp3) is 0.692. The van der Waals surface area contributed by atoms with Gasteiger partial charge in [0.1, 0.15) is 0 Å². The molecule has 0 atom stereocenters. The number of hydrogen-bond acceptors (Lipinski definition) is 4. The van der Waals surface area contributed by atoms with E-state index in [1.807, 2.05) is 11.3 Å². The molecule has 0 radical (unpaired) electrons. The first-order valence-corrected chi connectivity index (χ1v) is 7.27. The van der Waals surface area contributed by atoms with Crippen LogP contribution in [0.15, 0.2) is 6.07 Å². The van der Waals surface area contributed by atoms with E-state index in [1.165, 1.54) is 48.0 Å². The van der Waals surface area contributed by atoms with Crippen LogP contribution < -0.4 is 5.73 Å². The quantitative estimate of drug-likeness (QED) is 0.885. The molecule has 1 fully saturated rings. The zero-order chi connectivity index (χ0) is 12.3. The van der Waals surface area contributed by atoms with Crippen LogP contribution in [0.2, 0.25) is 0 Å². The van der Waals surface area contributed by atoms with Gasteiger partial charge < -0.3 is 10.6 Å². The Hall–Kier alpha value is -0.420. The van der Waals surface area contributed by atoms with Crippen LogP contribution >= 0.6 is 11.3 Å². The van der Waals surface area contributed by atoms with Crippen molar-refractivity contribution in [3.63, 3.8) is 0 Å². The minimum Gasteiger partial charge on any atom is -0.326 e. The number of hydrogen-bond donors (Lipinski definition) is 1. The molecule has 2 N–H and O–H groups in total. The maximum Gasteiger partial charge on any atom is 0.0274 e. The second kappa shape index (κ2) is 5.96. The zero-order valence-corrected chi connectivity index (χ0v) is 11.7. The SMILES string of the molecule is CCN1CCN(Cc2cc(CN)sc2C)CC1. The van der Waals surface area contributed by atoms with Gasteiger partial charge in [-0.05, 0) is 25.1 Å². The van der Waals surface area contributed by atoms with E-state index in [-0.39, 0.29) is 0 Å². The van der Waals surface area contributed by atoms with E-state index in [0.717, 1.165) is 6.54 Å². The summed E-state index contributed by atoms with van der Waals surface area (Å²) in [6.45, 7) is 12.2. The minimum atomic E-state index is 0.676. The van der Waals surface area contributed by atoms with Gasteiger partial charge in [0.25, 0.3) is 0 Å². The Labute approximate surface area is 108 Å². The third-order valence-electron chi connectivity index (χ3n) is 3.58.